The van der Waals surface area contributed by atoms with Crippen LogP contribution in [0.15, 0.2) is 40.8 Å². The summed E-state index contributed by atoms with van der Waals surface area (Å²) < 4.78 is 30.7. The number of halogens is 3. The maximum absolute atomic E-state index is 12.0. The molecule has 0 aliphatic rings. The van der Waals surface area contributed by atoms with Crippen LogP contribution in [0.3, 0.4) is 0 Å². The summed E-state index contributed by atoms with van der Waals surface area (Å²) in [7, 11) is 0. The summed E-state index contributed by atoms with van der Waals surface area (Å²) in [5.41, 5.74) is 1.01. The first-order chi connectivity index (χ1) is 9.13. The van der Waals surface area contributed by atoms with Crippen LogP contribution in [0.5, 0.6) is 0 Å². The molecule has 2 nitrogen and oxygen atoms in total. The fourth-order valence-corrected chi connectivity index (χ4v) is 2.52. The van der Waals surface area contributed by atoms with Crippen molar-refractivity contribution in [2.24, 2.45) is 0 Å². The Hall–Kier alpha value is -0.760. The van der Waals surface area contributed by atoms with Gasteiger partial charge >= 0.3 is 0 Å². The minimum Gasteiger partial charge on any atom is -0.463 e. The molecule has 0 saturated heterocycles. The van der Waals surface area contributed by atoms with E-state index in [1.807, 2.05) is 30.3 Å². The van der Waals surface area contributed by atoms with E-state index in [0.717, 1.165) is 15.0 Å². The zero-order valence-corrected chi connectivity index (χ0v) is 12.9. The molecule has 1 aromatic carbocycles. The number of furan rings is 1. The number of hydrogen-bond donors (Lipinski definition) is 1. The third-order valence-corrected chi connectivity index (χ3v) is 3.73. The number of thioether (sulfide) groups is 1. The highest BCUT2D eigenvalue weighted by Gasteiger charge is 2.07. The average Bonchev–Trinajstić information content (AvgIpc) is 2.82. The molecule has 2 rings (SSSR count). The molecule has 0 atom stereocenters. The third-order valence-electron chi connectivity index (χ3n) is 2.36. The predicted molar refractivity (Wildman–Crippen MR) is 82.5 cm³/mol. The minimum absolute atomic E-state index is 0.195. The molecule has 0 spiro atoms. The van der Waals surface area contributed by atoms with Gasteiger partial charge in [0.25, 0.3) is 5.76 Å². The van der Waals surface area contributed by atoms with E-state index in [2.05, 4.69) is 27.9 Å². The summed E-state index contributed by atoms with van der Waals surface area (Å²) >= 11 is 2.81. The number of nitrogens with one attached hydrogen (secondary N) is 1. The van der Waals surface area contributed by atoms with Crippen molar-refractivity contribution in [3.63, 3.8) is 0 Å². The lowest BCUT2D eigenvalue weighted by Crippen LogP contribution is -1.97. The summed E-state index contributed by atoms with van der Waals surface area (Å²) in [4.78, 5) is 0. The highest BCUT2D eigenvalue weighted by molar-refractivity contribution is 14.1. The Bertz CT molecular complexity index is 533. The first-order valence-electron chi connectivity index (χ1n) is 5.60. The van der Waals surface area contributed by atoms with Gasteiger partial charge in [0, 0.05) is 9.26 Å². The van der Waals surface area contributed by atoms with Crippen molar-refractivity contribution in [3.8, 4) is 0 Å². The van der Waals surface area contributed by atoms with Gasteiger partial charge in [-0.05, 0) is 52.9 Å². The van der Waals surface area contributed by atoms with Crippen molar-refractivity contribution < 1.29 is 13.2 Å². The molecular formula is C13H12F2INOS. The molecule has 0 aliphatic heterocycles. The second-order valence-corrected chi connectivity index (χ2v) is 6.03. The molecular weight excluding hydrogens is 383 g/mol. The van der Waals surface area contributed by atoms with Gasteiger partial charge in [0.15, 0.2) is 0 Å². The third kappa shape index (κ3) is 5.02. The Morgan fingerprint density at radius 1 is 1.21 bits per heavy atom. The lowest BCUT2D eigenvalue weighted by molar-refractivity contribution is 0.251. The molecule has 0 saturated carbocycles. The number of hydrogen-bond acceptors (Lipinski definition) is 3. The normalized spacial score (nSPS) is 10.9. The van der Waals surface area contributed by atoms with Crippen molar-refractivity contribution in [2.75, 3.05) is 5.32 Å². The monoisotopic (exact) mass is 395 g/mol. The van der Waals surface area contributed by atoms with E-state index in [9.17, 15) is 8.78 Å². The van der Waals surface area contributed by atoms with E-state index < -0.39 is 5.76 Å². The molecule has 0 amide bonds. The van der Waals surface area contributed by atoms with Crippen LogP contribution >= 0.6 is 34.4 Å². The standard InChI is InChI=1S/C13H12F2INOS/c14-13(15)19-8-12-5-4-11(18-12)7-17-10-3-1-2-9(16)6-10/h1-6,13,17H,7-8H2. The summed E-state index contributed by atoms with van der Waals surface area (Å²) in [6.45, 7) is 0.541. The van der Waals surface area contributed by atoms with Crippen LogP contribution in [-0.2, 0) is 12.3 Å². The fraction of sp³-hybridized carbons (Fsp3) is 0.231. The Morgan fingerprint density at radius 2 is 2.00 bits per heavy atom. The first kappa shape index (κ1) is 14.6. The largest absolute Gasteiger partial charge is 0.463 e. The molecule has 1 N–H and O–H groups in total. The quantitative estimate of drug-likeness (QED) is 0.701. The van der Waals surface area contributed by atoms with E-state index in [1.165, 1.54) is 0 Å². The van der Waals surface area contributed by atoms with Crippen LogP contribution in [0.25, 0.3) is 0 Å². The molecule has 1 aromatic heterocycles. The number of benzene rings is 1. The highest BCUT2D eigenvalue weighted by Crippen LogP contribution is 2.21. The number of anilines is 1. The number of rotatable bonds is 6. The zero-order valence-electron chi connectivity index (χ0n) is 9.91. The second kappa shape index (κ2) is 7.14. The van der Waals surface area contributed by atoms with Crippen LogP contribution in [0.4, 0.5) is 14.5 Å². The highest BCUT2D eigenvalue weighted by atomic mass is 127. The van der Waals surface area contributed by atoms with Crippen molar-refractivity contribution in [2.45, 2.75) is 18.1 Å². The summed E-state index contributed by atoms with van der Waals surface area (Å²) in [6, 6.07) is 11.5. The topological polar surface area (TPSA) is 25.2 Å². The smallest absolute Gasteiger partial charge is 0.284 e. The van der Waals surface area contributed by atoms with Crippen molar-refractivity contribution in [1.82, 2.24) is 0 Å². The van der Waals surface area contributed by atoms with Gasteiger partial charge < -0.3 is 9.73 Å². The van der Waals surface area contributed by atoms with Crippen LogP contribution in [0.2, 0.25) is 0 Å². The van der Waals surface area contributed by atoms with Crippen LogP contribution in [0.1, 0.15) is 11.5 Å². The predicted octanol–water partition coefficient (Wildman–Crippen LogP) is 4.95. The maximum atomic E-state index is 12.0. The van der Waals surface area contributed by atoms with Gasteiger partial charge in [-0.15, -0.1) is 0 Å². The van der Waals surface area contributed by atoms with E-state index in [1.54, 1.807) is 6.07 Å². The molecule has 0 fully saturated rings. The Kier molecular flexibility index (Phi) is 5.50. The number of alkyl halides is 2. The van der Waals surface area contributed by atoms with Gasteiger partial charge in [0.1, 0.15) is 11.5 Å². The van der Waals surface area contributed by atoms with Crippen molar-refractivity contribution in [1.29, 1.82) is 0 Å². The van der Waals surface area contributed by atoms with Crippen LogP contribution in [-0.4, -0.2) is 5.76 Å². The molecule has 0 unspecified atom stereocenters. The Balaban J connectivity index is 1.86. The molecule has 1 heterocycles. The van der Waals surface area contributed by atoms with Crippen molar-refractivity contribution in [3.05, 3.63) is 51.5 Å². The molecule has 102 valence electrons. The van der Waals surface area contributed by atoms with E-state index >= 15 is 0 Å². The van der Waals surface area contributed by atoms with Gasteiger partial charge in [-0.2, -0.15) is 8.78 Å². The zero-order chi connectivity index (χ0) is 13.7. The van der Waals surface area contributed by atoms with Crippen LogP contribution < -0.4 is 5.32 Å². The Labute approximate surface area is 128 Å². The minimum atomic E-state index is -2.36. The average molecular weight is 395 g/mol. The SMILES string of the molecule is FC(F)SCc1ccc(CNc2cccc(I)c2)o1. The van der Waals surface area contributed by atoms with E-state index in [4.69, 9.17) is 4.42 Å². The second-order valence-electron chi connectivity index (χ2n) is 3.80. The molecule has 19 heavy (non-hydrogen) atoms. The van der Waals surface area contributed by atoms with Crippen molar-refractivity contribution >= 4 is 40.0 Å². The molecule has 2 aromatic rings. The van der Waals surface area contributed by atoms with E-state index in [-0.39, 0.29) is 5.75 Å². The lowest BCUT2D eigenvalue weighted by Gasteiger charge is -2.04. The van der Waals surface area contributed by atoms with E-state index in [0.29, 0.717) is 24.1 Å². The lowest BCUT2D eigenvalue weighted by atomic mass is 10.3. The molecule has 0 aliphatic carbocycles. The summed E-state index contributed by atoms with van der Waals surface area (Å²) in [5.74, 6) is -0.854. The summed E-state index contributed by atoms with van der Waals surface area (Å²) in [5, 5.41) is 3.23. The van der Waals surface area contributed by atoms with Gasteiger partial charge in [-0.3, -0.25) is 0 Å². The molecule has 6 heteroatoms. The van der Waals surface area contributed by atoms with Gasteiger partial charge in [0.2, 0.25) is 0 Å². The Morgan fingerprint density at radius 3 is 2.74 bits per heavy atom. The molecule has 0 bridgehead atoms. The van der Waals surface area contributed by atoms with Crippen LogP contribution in [0, 0.1) is 3.57 Å². The first-order valence-corrected chi connectivity index (χ1v) is 7.73. The maximum Gasteiger partial charge on any atom is 0.284 e. The van der Waals surface area contributed by atoms with Gasteiger partial charge in [0.05, 0.1) is 12.3 Å². The summed E-state index contributed by atoms with van der Waals surface area (Å²) in [6.07, 6.45) is 0. The molecule has 0 radical (unpaired) electrons. The fourth-order valence-electron chi connectivity index (χ4n) is 1.53. The van der Waals surface area contributed by atoms with Gasteiger partial charge in [-0.25, -0.2) is 0 Å². The van der Waals surface area contributed by atoms with Gasteiger partial charge in [-0.1, -0.05) is 17.8 Å².